The molecule has 30 heavy (non-hydrogen) atoms. The molecule has 2 aromatic carbocycles. The van der Waals surface area contributed by atoms with E-state index >= 15 is 0 Å². The zero-order valence-electron chi connectivity index (χ0n) is 18.5. The van der Waals surface area contributed by atoms with E-state index in [-0.39, 0.29) is 24.0 Å². The van der Waals surface area contributed by atoms with Crippen molar-refractivity contribution >= 4 is 35.6 Å². The molecular formula is C23H35IN4O2. The minimum Gasteiger partial charge on any atom is -0.493 e. The summed E-state index contributed by atoms with van der Waals surface area (Å²) >= 11 is 0. The zero-order valence-corrected chi connectivity index (χ0v) is 20.8. The molecule has 3 N–H and O–H groups in total. The highest BCUT2D eigenvalue weighted by molar-refractivity contribution is 14.0. The molecule has 0 aliphatic heterocycles. The molecule has 0 amide bonds. The second-order valence-corrected chi connectivity index (χ2v) is 6.74. The summed E-state index contributed by atoms with van der Waals surface area (Å²) in [5.74, 6) is 1.84. The number of nitrogens with zero attached hydrogens (tertiary/aromatic N) is 2. The van der Waals surface area contributed by atoms with Crippen molar-refractivity contribution in [3.05, 3.63) is 53.6 Å². The van der Waals surface area contributed by atoms with Crippen LogP contribution < -0.4 is 20.5 Å². The number of rotatable bonds is 11. The monoisotopic (exact) mass is 526 g/mol. The van der Waals surface area contributed by atoms with Crippen LogP contribution in [0.4, 0.5) is 5.69 Å². The number of benzene rings is 2. The zero-order chi connectivity index (χ0) is 21.1. The molecule has 0 saturated heterocycles. The highest BCUT2D eigenvalue weighted by Gasteiger charge is 2.07. The average molecular weight is 526 g/mol. The van der Waals surface area contributed by atoms with E-state index in [0.29, 0.717) is 24.9 Å². The van der Waals surface area contributed by atoms with Gasteiger partial charge in [0.05, 0.1) is 13.7 Å². The molecule has 0 saturated carbocycles. The molecule has 2 aromatic rings. The Morgan fingerprint density at radius 2 is 1.80 bits per heavy atom. The van der Waals surface area contributed by atoms with Gasteiger partial charge >= 0.3 is 0 Å². The molecule has 0 aliphatic carbocycles. The van der Waals surface area contributed by atoms with Crippen molar-refractivity contribution in [2.24, 2.45) is 10.7 Å². The third kappa shape index (κ3) is 8.39. The van der Waals surface area contributed by atoms with Crippen LogP contribution in [0.3, 0.4) is 0 Å². The Bertz CT molecular complexity index is 795. The highest BCUT2D eigenvalue weighted by Crippen LogP contribution is 2.28. The Labute approximate surface area is 197 Å². The van der Waals surface area contributed by atoms with Crippen LogP contribution in [-0.4, -0.2) is 44.2 Å². The molecule has 0 bridgehead atoms. The van der Waals surface area contributed by atoms with Crippen molar-refractivity contribution in [2.75, 3.05) is 38.7 Å². The molecule has 166 valence electrons. The number of nitrogens with one attached hydrogen (secondary N) is 1. The number of hydrogen-bond acceptors (Lipinski definition) is 4. The molecule has 0 heterocycles. The maximum atomic E-state index is 6.04. The number of hydrogen-bond donors (Lipinski definition) is 2. The van der Waals surface area contributed by atoms with Gasteiger partial charge in [0.1, 0.15) is 6.61 Å². The smallest absolute Gasteiger partial charge is 0.193 e. The number of likely N-dealkylation sites (N-methyl/N-ethyl adjacent to an activating group) is 1. The molecule has 2 rings (SSSR count). The molecule has 0 aromatic heterocycles. The van der Waals surface area contributed by atoms with Crippen molar-refractivity contribution in [1.29, 1.82) is 0 Å². The SMILES string of the molecule is CCc1cccc(NC(N)=NCc2ccc(OCCN(CC)CC)c(OC)c2)c1.I. The van der Waals surface area contributed by atoms with Crippen LogP contribution in [0.2, 0.25) is 0 Å². The van der Waals surface area contributed by atoms with Crippen LogP contribution in [0.15, 0.2) is 47.5 Å². The van der Waals surface area contributed by atoms with Gasteiger partial charge in [0, 0.05) is 12.2 Å². The van der Waals surface area contributed by atoms with Crippen molar-refractivity contribution in [3.63, 3.8) is 0 Å². The summed E-state index contributed by atoms with van der Waals surface area (Å²) in [6.45, 7) is 10.5. The van der Waals surface area contributed by atoms with Gasteiger partial charge in [-0.15, -0.1) is 24.0 Å². The molecule has 6 nitrogen and oxygen atoms in total. The third-order valence-corrected chi connectivity index (χ3v) is 4.83. The second kappa shape index (κ2) is 14.1. The summed E-state index contributed by atoms with van der Waals surface area (Å²) in [5.41, 5.74) is 9.25. The minimum absolute atomic E-state index is 0. The first-order valence-electron chi connectivity index (χ1n) is 10.3. The van der Waals surface area contributed by atoms with Gasteiger partial charge < -0.3 is 25.4 Å². The Morgan fingerprint density at radius 1 is 1.03 bits per heavy atom. The minimum atomic E-state index is 0. The predicted molar refractivity (Wildman–Crippen MR) is 136 cm³/mol. The van der Waals surface area contributed by atoms with Crippen molar-refractivity contribution in [2.45, 2.75) is 33.7 Å². The average Bonchev–Trinajstić information content (AvgIpc) is 2.75. The quantitative estimate of drug-likeness (QED) is 0.256. The topological polar surface area (TPSA) is 72.1 Å². The van der Waals surface area contributed by atoms with Crippen LogP contribution in [0.5, 0.6) is 11.5 Å². The molecule has 0 aliphatic rings. The van der Waals surface area contributed by atoms with E-state index in [1.807, 2.05) is 30.3 Å². The summed E-state index contributed by atoms with van der Waals surface area (Å²) in [7, 11) is 1.65. The van der Waals surface area contributed by atoms with Crippen LogP contribution in [0.25, 0.3) is 0 Å². The molecule has 7 heteroatoms. The largest absolute Gasteiger partial charge is 0.493 e. The van der Waals surface area contributed by atoms with Crippen LogP contribution >= 0.6 is 24.0 Å². The maximum Gasteiger partial charge on any atom is 0.193 e. The van der Waals surface area contributed by atoms with E-state index in [1.165, 1.54) is 5.56 Å². The first kappa shape index (κ1) is 26.0. The normalized spacial score (nSPS) is 11.2. The number of guanidine groups is 1. The van der Waals surface area contributed by atoms with Crippen LogP contribution in [0, 0.1) is 0 Å². The van der Waals surface area contributed by atoms with Gasteiger partial charge in [-0.3, -0.25) is 0 Å². The van der Waals surface area contributed by atoms with Gasteiger partial charge in [-0.2, -0.15) is 0 Å². The fourth-order valence-corrected chi connectivity index (χ4v) is 2.99. The van der Waals surface area contributed by atoms with Gasteiger partial charge in [0.25, 0.3) is 0 Å². The molecule has 0 radical (unpaired) electrons. The van der Waals surface area contributed by atoms with Crippen molar-refractivity contribution in [1.82, 2.24) is 4.90 Å². The molecule has 0 spiro atoms. The van der Waals surface area contributed by atoms with E-state index in [2.05, 4.69) is 48.1 Å². The number of aliphatic imine (C=N–C) groups is 1. The lowest BCUT2D eigenvalue weighted by Gasteiger charge is -2.18. The van der Waals surface area contributed by atoms with Gasteiger partial charge in [-0.1, -0.05) is 39.0 Å². The second-order valence-electron chi connectivity index (χ2n) is 6.74. The molecular weight excluding hydrogens is 491 g/mol. The Kier molecular flexibility index (Phi) is 12.2. The summed E-state index contributed by atoms with van der Waals surface area (Å²) in [4.78, 5) is 6.76. The van der Waals surface area contributed by atoms with E-state index < -0.39 is 0 Å². The lowest BCUT2D eigenvalue weighted by Crippen LogP contribution is -2.27. The first-order valence-corrected chi connectivity index (χ1v) is 10.3. The highest BCUT2D eigenvalue weighted by atomic mass is 127. The van der Waals surface area contributed by atoms with E-state index in [9.17, 15) is 0 Å². The first-order chi connectivity index (χ1) is 14.1. The van der Waals surface area contributed by atoms with Crippen molar-refractivity contribution in [3.8, 4) is 11.5 Å². The standard InChI is InChI=1S/C23H34N4O2.HI/c1-5-18-9-8-10-20(15-18)26-23(24)25-17-19-11-12-21(22(16-19)28-4)29-14-13-27(6-2)7-3;/h8-12,15-16H,5-7,13-14,17H2,1-4H3,(H3,24,25,26);1H. The maximum absolute atomic E-state index is 6.04. The summed E-state index contributed by atoms with van der Waals surface area (Å²) in [5, 5.41) is 3.14. The van der Waals surface area contributed by atoms with E-state index in [0.717, 1.165) is 43.1 Å². The number of aryl methyl sites for hydroxylation is 1. The fourth-order valence-electron chi connectivity index (χ4n) is 2.99. The van der Waals surface area contributed by atoms with Crippen LogP contribution in [0.1, 0.15) is 31.9 Å². The Hall–Kier alpha value is -2.00. The van der Waals surface area contributed by atoms with Gasteiger partial charge in [0.2, 0.25) is 0 Å². The fraction of sp³-hybridized carbons (Fsp3) is 0.435. The number of nitrogens with two attached hydrogens (primary N) is 1. The molecule has 0 atom stereocenters. The Balaban J connectivity index is 0.00000450. The van der Waals surface area contributed by atoms with Crippen LogP contribution in [-0.2, 0) is 13.0 Å². The summed E-state index contributed by atoms with van der Waals surface area (Å²) in [6, 6.07) is 14.0. The summed E-state index contributed by atoms with van der Waals surface area (Å²) in [6.07, 6.45) is 0.982. The number of methoxy groups -OCH3 is 1. The number of anilines is 1. The van der Waals surface area contributed by atoms with Gasteiger partial charge in [-0.25, -0.2) is 4.99 Å². The van der Waals surface area contributed by atoms with Gasteiger partial charge in [-0.05, 0) is 54.9 Å². The lowest BCUT2D eigenvalue weighted by atomic mass is 10.1. The number of halogens is 1. The molecule has 0 unspecified atom stereocenters. The summed E-state index contributed by atoms with van der Waals surface area (Å²) < 4.78 is 11.4. The van der Waals surface area contributed by atoms with E-state index in [1.54, 1.807) is 7.11 Å². The van der Waals surface area contributed by atoms with E-state index in [4.69, 9.17) is 15.2 Å². The lowest BCUT2D eigenvalue weighted by molar-refractivity contribution is 0.217. The predicted octanol–water partition coefficient (Wildman–Crippen LogP) is 4.52. The number of ether oxygens (including phenoxy) is 2. The Morgan fingerprint density at radius 3 is 2.47 bits per heavy atom. The van der Waals surface area contributed by atoms with Gasteiger partial charge in [0.15, 0.2) is 17.5 Å². The molecule has 0 fully saturated rings. The van der Waals surface area contributed by atoms with Crippen molar-refractivity contribution < 1.29 is 9.47 Å². The third-order valence-electron chi connectivity index (χ3n) is 4.83.